The molecule has 174 valence electrons. The van der Waals surface area contributed by atoms with Crippen LogP contribution in [0.5, 0.6) is 0 Å². The van der Waals surface area contributed by atoms with Gasteiger partial charge in [0.05, 0.1) is 18.0 Å². The first-order valence-corrected chi connectivity index (χ1v) is 12.2. The molecule has 0 bridgehead atoms. The Labute approximate surface area is 193 Å². The molecule has 1 atom stereocenters. The molecule has 0 amide bonds. The third kappa shape index (κ3) is 5.60. The predicted molar refractivity (Wildman–Crippen MR) is 131 cm³/mol. The van der Waals surface area contributed by atoms with E-state index < -0.39 is 0 Å². The van der Waals surface area contributed by atoms with Crippen LogP contribution in [0, 0.1) is 11.8 Å². The Kier molecular flexibility index (Phi) is 7.02. The molecule has 0 spiro atoms. The molecule has 0 radical (unpaired) electrons. The lowest BCUT2D eigenvalue weighted by molar-refractivity contribution is 0.145. The average Bonchev–Trinajstić information content (AvgIpc) is 3.11. The summed E-state index contributed by atoms with van der Waals surface area (Å²) in [6, 6.07) is 1.03. The summed E-state index contributed by atoms with van der Waals surface area (Å²) in [6.45, 7) is 9.36. The highest BCUT2D eigenvalue weighted by atomic mass is 15.3. The Balaban J connectivity index is 1.59. The van der Waals surface area contributed by atoms with Gasteiger partial charge in [0.25, 0.3) is 0 Å². The van der Waals surface area contributed by atoms with Crippen LogP contribution in [0.4, 0.5) is 5.95 Å². The maximum absolute atomic E-state index is 4.96. The van der Waals surface area contributed by atoms with Crippen LogP contribution in [0.3, 0.4) is 0 Å². The molecule has 2 fully saturated rings. The molecule has 0 aromatic carbocycles. The quantitative estimate of drug-likeness (QED) is 0.732. The number of nitrogens with zero attached hydrogens (tertiary/aromatic N) is 6. The molecule has 1 saturated heterocycles. The van der Waals surface area contributed by atoms with Gasteiger partial charge in [-0.15, -0.1) is 0 Å². The van der Waals surface area contributed by atoms with Gasteiger partial charge in [0.2, 0.25) is 5.95 Å². The number of rotatable bonds is 4. The van der Waals surface area contributed by atoms with Crippen molar-refractivity contribution < 1.29 is 0 Å². The standard InChI is InChI=1S/C25H39N7/c1-25(2,3)28-24-26-17-21-22(14-10-16-31-15-9-13-20(18-31)30(4)5)29-32(23(21)27-24)19-11-7-6-8-12-19/h17,19-20H,6-9,11-13,15-16,18H2,1-5H3,(H,26,27,28). The number of likely N-dealkylation sites (N-methyl/N-ethyl adjacent to an activating group) is 1. The van der Waals surface area contributed by atoms with E-state index in [1.807, 2.05) is 6.20 Å². The molecule has 1 saturated carbocycles. The molecular formula is C25H39N7. The van der Waals surface area contributed by atoms with Gasteiger partial charge in [-0.1, -0.05) is 25.2 Å². The van der Waals surface area contributed by atoms with Gasteiger partial charge >= 0.3 is 0 Å². The lowest BCUT2D eigenvalue weighted by atomic mass is 9.96. The normalized spacial score (nSPS) is 21.0. The molecular weight excluding hydrogens is 398 g/mol. The van der Waals surface area contributed by atoms with E-state index in [1.165, 1.54) is 32.1 Å². The topological polar surface area (TPSA) is 62.1 Å². The van der Waals surface area contributed by atoms with Crippen molar-refractivity contribution in [1.29, 1.82) is 0 Å². The van der Waals surface area contributed by atoms with Crippen LogP contribution in [0.1, 0.15) is 77.5 Å². The van der Waals surface area contributed by atoms with E-state index in [4.69, 9.17) is 10.1 Å². The first-order chi connectivity index (χ1) is 15.3. The number of hydrogen-bond donors (Lipinski definition) is 1. The van der Waals surface area contributed by atoms with Crippen molar-refractivity contribution in [3.63, 3.8) is 0 Å². The van der Waals surface area contributed by atoms with Crippen molar-refractivity contribution in [2.45, 2.75) is 83.3 Å². The van der Waals surface area contributed by atoms with E-state index in [2.05, 4.69) is 71.5 Å². The van der Waals surface area contributed by atoms with E-state index in [1.54, 1.807) is 0 Å². The second-order valence-electron chi connectivity index (χ2n) is 10.7. The SMILES string of the molecule is CN(C)C1CCCN(CC#Cc2nn(C3CCCCC3)c3nc(NC(C)(C)C)ncc23)C1. The van der Waals surface area contributed by atoms with Gasteiger partial charge in [-0.2, -0.15) is 10.1 Å². The van der Waals surface area contributed by atoms with Crippen molar-refractivity contribution in [1.82, 2.24) is 29.5 Å². The van der Waals surface area contributed by atoms with Crippen LogP contribution in [-0.2, 0) is 0 Å². The molecule has 4 rings (SSSR count). The van der Waals surface area contributed by atoms with E-state index in [0.29, 0.717) is 18.0 Å². The lowest BCUT2D eigenvalue weighted by Crippen LogP contribution is -2.45. The summed E-state index contributed by atoms with van der Waals surface area (Å²) in [5.41, 5.74) is 1.63. The van der Waals surface area contributed by atoms with Gasteiger partial charge in [-0.3, -0.25) is 4.90 Å². The number of piperidine rings is 1. The van der Waals surface area contributed by atoms with Crippen molar-refractivity contribution >= 4 is 17.0 Å². The number of anilines is 1. The molecule has 2 aromatic heterocycles. The third-order valence-electron chi connectivity index (χ3n) is 6.58. The molecule has 1 N–H and O–H groups in total. The minimum absolute atomic E-state index is 0.0924. The van der Waals surface area contributed by atoms with E-state index >= 15 is 0 Å². The minimum Gasteiger partial charge on any atom is -0.350 e. The molecule has 7 nitrogen and oxygen atoms in total. The molecule has 2 aliphatic rings. The van der Waals surface area contributed by atoms with Crippen molar-refractivity contribution in [3.8, 4) is 11.8 Å². The van der Waals surface area contributed by atoms with Crippen molar-refractivity contribution in [2.24, 2.45) is 0 Å². The first-order valence-electron chi connectivity index (χ1n) is 12.2. The zero-order valence-corrected chi connectivity index (χ0v) is 20.5. The number of fused-ring (bicyclic) bond motifs is 1. The Morgan fingerprint density at radius 2 is 1.91 bits per heavy atom. The average molecular weight is 438 g/mol. The predicted octanol–water partition coefficient (Wildman–Crippen LogP) is 3.92. The Morgan fingerprint density at radius 3 is 2.62 bits per heavy atom. The van der Waals surface area contributed by atoms with Crippen LogP contribution in [-0.4, -0.2) is 74.9 Å². The fourth-order valence-corrected chi connectivity index (χ4v) is 4.82. The fourth-order valence-electron chi connectivity index (χ4n) is 4.82. The lowest BCUT2D eigenvalue weighted by Gasteiger charge is -2.35. The van der Waals surface area contributed by atoms with Gasteiger partial charge in [0.1, 0.15) is 5.69 Å². The van der Waals surface area contributed by atoms with Crippen LogP contribution in [0.2, 0.25) is 0 Å². The van der Waals surface area contributed by atoms with Crippen LogP contribution < -0.4 is 5.32 Å². The number of nitrogens with one attached hydrogen (secondary N) is 1. The highest BCUT2D eigenvalue weighted by Gasteiger charge is 2.23. The zero-order chi connectivity index (χ0) is 22.7. The minimum atomic E-state index is -0.0924. The van der Waals surface area contributed by atoms with Gasteiger partial charge in [0.15, 0.2) is 5.65 Å². The fraction of sp³-hybridized carbons (Fsp3) is 0.720. The Morgan fingerprint density at radius 1 is 1.12 bits per heavy atom. The summed E-state index contributed by atoms with van der Waals surface area (Å²) >= 11 is 0. The monoisotopic (exact) mass is 437 g/mol. The van der Waals surface area contributed by atoms with Gasteiger partial charge in [-0.05, 0) is 73.0 Å². The van der Waals surface area contributed by atoms with Gasteiger partial charge < -0.3 is 10.2 Å². The first kappa shape index (κ1) is 23.0. The molecule has 1 aliphatic heterocycles. The largest absolute Gasteiger partial charge is 0.350 e. The van der Waals surface area contributed by atoms with Crippen LogP contribution in [0.25, 0.3) is 11.0 Å². The summed E-state index contributed by atoms with van der Waals surface area (Å²) in [7, 11) is 4.35. The molecule has 1 unspecified atom stereocenters. The third-order valence-corrected chi connectivity index (χ3v) is 6.58. The summed E-state index contributed by atoms with van der Waals surface area (Å²) in [5.74, 6) is 7.43. The maximum Gasteiger partial charge on any atom is 0.225 e. The Bertz CT molecular complexity index is 970. The second kappa shape index (κ2) is 9.76. The summed E-state index contributed by atoms with van der Waals surface area (Å²) in [5, 5.41) is 9.33. The zero-order valence-electron chi connectivity index (χ0n) is 20.5. The Hall–Kier alpha value is -2.17. The van der Waals surface area contributed by atoms with E-state index in [9.17, 15) is 0 Å². The van der Waals surface area contributed by atoms with E-state index in [-0.39, 0.29) is 5.54 Å². The summed E-state index contributed by atoms with van der Waals surface area (Å²) in [4.78, 5) is 14.3. The number of hydrogen-bond acceptors (Lipinski definition) is 6. The highest BCUT2D eigenvalue weighted by molar-refractivity contribution is 5.81. The molecule has 7 heteroatoms. The molecule has 32 heavy (non-hydrogen) atoms. The molecule has 3 heterocycles. The second-order valence-corrected chi connectivity index (χ2v) is 10.7. The highest BCUT2D eigenvalue weighted by Crippen LogP contribution is 2.31. The molecule has 1 aliphatic carbocycles. The van der Waals surface area contributed by atoms with Gasteiger partial charge in [0, 0.05) is 24.3 Å². The van der Waals surface area contributed by atoms with Gasteiger partial charge in [-0.25, -0.2) is 9.67 Å². The maximum atomic E-state index is 4.96. The van der Waals surface area contributed by atoms with E-state index in [0.717, 1.165) is 49.2 Å². The summed E-state index contributed by atoms with van der Waals surface area (Å²) < 4.78 is 2.14. The summed E-state index contributed by atoms with van der Waals surface area (Å²) in [6.07, 6.45) is 10.6. The number of aromatic nitrogens is 4. The van der Waals surface area contributed by atoms with Crippen LogP contribution >= 0.6 is 0 Å². The number of likely N-dealkylation sites (tertiary alicyclic amines) is 1. The van der Waals surface area contributed by atoms with Crippen molar-refractivity contribution in [2.75, 3.05) is 39.0 Å². The van der Waals surface area contributed by atoms with Crippen LogP contribution in [0.15, 0.2) is 6.20 Å². The smallest absolute Gasteiger partial charge is 0.225 e. The van der Waals surface area contributed by atoms with Crippen molar-refractivity contribution in [3.05, 3.63) is 11.9 Å². The molecule has 2 aromatic rings.